The molecule has 1 atom stereocenters. The van der Waals surface area contributed by atoms with Crippen molar-refractivity contribution in [3.8, 4) is 0 Å². The zero-order valence-electron chi connectivity index (χ0n) is 14.5. The molecule has 4 nitrogen and oxygen atoms in total. The van der Waals surface area contributed by atoms with Gasteiger partial charge in [-0.3, -0.25) is 4.79 Å². The fourth-order valence-corrected chi connectivity index (χ4v) is 4.59. The summed E-state index contributed by atoms with van der Waals surface area (Å²) in [5.41, 5.74) is 6.14. The van der Waals surface area contributed by atoms with Gasteiger partial charge in [0.25, 0.3) is 5.91 Å². The molecule has 1 saturated carbocycles. The van der Waals surface area contributed by atoms with Crippen LogP contribution in [0.25, 0.3) is 5.65 Å². The Balaban J connectivity index is 1.51. The van der Waals surface area contributed by atoms with Crippen LogP contribution < -0.4 is 5.32 Å². The zero-order chi connectivity index (χ0) is 17.1. The van der Waals surface area contributed by atoms with Gasteiger partial charge in [-0.1, -0.05) is 24.3 Å². The second-order valence-electron chi connectivity index (χ2n) is 7.47. The molecule has 3 aliphatic carbocycles. The van der Waals surface area contributed by atoms with Crippen LogP contribution in [0.5, 0.6) is 0 Å². The summed E-state index contributed by atoms with van der Waals surface area (Å²) in [6, 6.07) is 12.6. The van der Waals surface area contributed by atoms with Crippen molar-refractivity contribution in [3.05, 3.63) is 70.7 Å². The Kier molecular flexibility index (Phi) is 3.05. The highest BCUT2D eigenvalue weighted by Gasteiger charge is 2.44. The second-order valence-corrected chi connectivity index (χ2v) is 7.47. The van der Waals surface area contributed by atoms with Gasteiger partial charge in [0.05, 0.1) is 11.6 Å². The lowest BCUT2D eigenvalue weighted by Gasteiger charge is -2.48. The predicted octanol–water partition coefficient (Wildman–Crippen LogP) is 3.93. The van der Waals surface area contributed by atoms with Gasteiger partial charge in [-0.2, -0.15) is 0 Å². The van der Waals surface area contributed by atoms with Crippen LogP contribution >= 0.6 is 0 Å². The van der Waals surface area contributed by atoms with Crippen molar-refractivity contribution >= 4 is 11.6 Å². The van der Waals surface area contributed by atoms with Crippen molar-refractivity contribution in [1.82, 2.24) is 14.7 Å². The summed E-state index contributed by atoms with van der Waals surface area (Å²) in [5, 5.41) is 3.30. The highest BCUT2D eigenvalue weighted by Crippen LogP contribution is 2.54. The van der Waals surface area contributed by atoms with E-state index in [0.717, 1.165) is 17.0 Å². The minimum absolute atomic E-state index is 0.0230. The average Bonchev–Trinajstić information content (AvgIpc) is 2.98. The van der Waals surface area contributed by atoms with Gasteiger partial charge in [0, 0.05) is 17.6 Å². The number of nitrogens with zero attached hydrogens (tertiary/aromatic N) is 2. The maximum absolute atomic E-state index is 13.0. The van der Waals surface area contributed by atoms with Crippen molar-refractivity contribution in [3.63, 3.8) is 0 Å². The summed E-state index contributed by atoms with van der Waals surface area (Å²) in [6.45, 7) is 4.00. The van der Waals surface area contributed by atoms with Gasteiger partial charge < -0.3 is 9.72 Å². The van der Waals surface area contributed by atoms with Crippen LogP contribution in [-0.2, 0) is 0 Å². The largest absolute Gasteiger partial charge is 0.345 e. The maximum atomic E-state index is 13.0. The van der Waals surface area contributed by atoms with E-state index in [1.807, 2.05) is 36.6 Å². The number of benzene rings is 1. The molecule has 1 aromatic carbocycles. The molecule has 6 rings (SSSR count). The van der Waals surface area contributed by atoms with Gasteiger partial charge >= 0.3 is 0 Å². The Hall–Kier alpha value is -2.62. The highest BCUT2D eigenvalue weighted by atomic mass is 16.1. The molecule has 2 bridgehead atoms. The first kappa shape index (κ1) is 14.7. The molecule has 1 unspecified atom stereocenters. The summed E-state index contributed by atoms with van der Waals surface area (Å²) in [4.78, 5) is 17.6. The first-order chi connectivity index (χ1) is 12.1. The van der Waals surface area contributed by atoms with E-state index >= 15 is 0 Å². The Morgan fingerprint density at radius 3 is 2.72 bits per heavy atom. The molecule has 126 valence electrons. The molecular weight excluding hydrogens is 310 g/mol. The van der Waals surface area contributed by atoms with E-state index < -0.39 is 0 Å². The average molecular weight is 331 g/mol. The number of amides is 1. The van der Waals surface area contributed by atoms with Crippen molar-refractivity contribution in [2.75, 3.05) is 0 Å². The lowest BCUT2D eigenvalue weighted by atomic mass is 9.60. The number of hydrogen-bond acceptors (Lipinski definition) is 2. The maximum Gasteiger partial charge on any atom is 0.255 e. The minimum Gasteiger partial charge on any atom is -0.345 e. The summed E-state index contributed by atoms with van der Waals surface area (Å²) in [5.74, 6) is 1.23. The number of aromatic nitrogens is 2. The number of carbonyl (C=O) groups excluding carboxylic acids is 1. The smallest absolute Gasteiger partial charge is 0.255 e. The first-order valence-electron chi connectivity index (χ1n) is 8.97. The van der Waals surface area contributed by atoms with Crippen molar-refractivity contribution < 1.29 is 4.79 Å². The quantitative estimate of drug-likeness (QED) is 0.773. The Bertz CT molecular complexity index is 998. The molecule has 1 fully saturated rings. The molecular formula is C21H21N3O. The first-order valence-corrected chi connectivity index (χ1v) is 8.97. The molecule has 0 radical (unpaired) electrons. The van der Waals surface area contributed by atoms with E-state index in [9.17, 15) is 4.79 Å². The molecule has 1 N–H and O–H groups in total. The Morgan fingerprint density at radius 1 is 1.16 bits per heavy atom. The standard InChI is InChI=1S/C21H21N3O/c1-12-9-13(2)24-8-7-18(20(24)22-12)21(25)23-19-15-10-14(11-15)16-5-3-4-6-17(16)19/h3-9,14-15,19H,10-11H2,1-2H3,(H,23,25). The second kappa shape index (κ2) is 5.19. The van der Waals surface area contributed by atoms with Crippen LogP contribution in [0.4, 0.5) is 0 Å². The highest BCUT2D eigenvalue weighted by molar-refractivity contribution is 6.00. The van der Waals surface area contributed by atoms with Crippen LogP contribution in [0.3, 0.4) is 0 Å². The molecule has 0 aliphatic heterocycles. The SMILES string of the molecule is Cc1cc(C)n2ccc(C(=O)NC3c4ccccc4C4CC3C4)c2n1. The lowest BCUT2D eigenvalue weighted by molar-refractivity contribution is 0.0871. The number of aryl methyl sites for hydroxylation is 2. The van der Waals surface area contributed by atoms with E-state index in [1.54, 1.807) is 0 Å². The number of nitrogens with one attached hydrogen (secondary N) is 1. The molecule has 1 amide bonds. The van der Waals surface area contributed by atoms with Gasteiger partial charge in [-0.25, -0.2) is 4.98 Å². The molecule has 2 heterocycles. The van der Waals surface area contributed by atoms with Gasteiger partial charge in [-0.05, 0) is 61.8 Å². The molecule has 25 heavy (non-hydrogen) atoms. The predicted molar refractivity (Wildman–Crippen MR) is 96.8 cm³/mol. The topological polar surface area (TPSA) is 46.4 Å². The normalized spacial score (nSPS) is 23.8. The monoisotopic (exact) mass is 331 g/mol. The molecule has 0 spiro atoms. The van der Waals surface area contributed by atoms with E-state index in [-0.39, 0.29) is 11.9 Å². The number of carbonyl (C=O) groups is 1. The number of rotatable bonds is 2. The van der Waals surface area contributed by atoms with Crippen LogP contribution in [-0.4, -0.2) is 15.3 Å². The molecule has 4 heteroatoms. The summed E-state index contributed by atoms with van der Waals surface area (Å²) in [7, 11) is 0. The number of fused-ring (bicyclic) bond motifs is 1. The third-order valence-electron chi connectivity index (χ3n) is 5.89. The van der Waals surface area contributed by atoms with Crippen molar-refractivity contribution in [1.29, 1.82) is 0 Å². The minimum atomic E-state index is -0.0230. The van der Waals surface area contributed by atoms with Crippen LogP contribution in [0.1, 0.15) is 57.7 Å². The van der Waals surface area contributed by atoms with Crippen LogP contribution in [0.15, 0.2) is 42.6 Å². The van der Waals surface area contributed by atoms with E-state index in [0.29, 0.717) is 17.4 Å². The molecule has 0 saturated heterocycles. The number of hydrogen-bond donors (Lipinski definition) is 1. The Morgan fingerprint density at radius 2 is 1.92 bits per heavy atom. The van der Waals surface area contributed by atoms with E-state index in [4.69, 9.17) is 0 Å². The summed E-state index contributed by atoms with van der Waals surface area (Å²) in [6.07, 6.45) is 4.31. The van der Waals surface area contributed by atoms with Crippen LogP contribution in [0.2, 0.25) is 0 Å². The van der Waals surface area contributed by atoms with Gasteiger partial charge in [-0.15, -0.1) is 0 Å². The lowest BCUT2D eigenvalue weighted by Crippen LogP contribution is -2.43. The fourth-order valence-electron chi connectivity index (χ4n) is 4.59. The van der Waals surface area contributed by atoms with E-state index in [1.165, 1.54) is 24.0 Å². The van der Waals surface area contributed by atoms with E-state index in [2.05, 4.69) is 34.6 Å². The third-order valence-corrected chi connectivity index (χ3v) is 5.89. The molecule has 3 aliphatic rings. The van der Waals surface area contributed by atoms with Crippen LogP contribution in [0, 0.1) is 19.8 Å². The van der Waals surface area contributed by atoms with Gasteiger partial charge in [0.15, 0.2) is 0 Å². The summed E-state index contributed by atoms with van der Waals surface area (Å²) < 4.78 is 1.98. The molecule has 3 aromatic rings. The van der Waals surface area contributed by atoms with Crippen molar-refractivity contribution in [2.24, 2.45) is 5.92 Å². The third kappa shape index (κ3) is 2.13. The Labute approximate surface area is 146 Å². The van der Waals surface area contributed by atoms with Gasteiger partial charge in [0.1, 0.15) is 5.65 Å². The fraction of sp³-hybridized carbons (Fsp3) is 0.333. The zero-order valence-corrected chi connectivity index (χ0v) is 14.5. The van der Waals surface area contributed by atoms with Gasteiger partial charge in [0.2, 0.25) is 0 Å². The summed E-state index contributed by atoms with van der Waals surface area (Å²) >= 11 is 0. The van der Waals surface area contributed by atoms with Crippen molar-refractivity contribution in [2.45, 2.75) is 38.6 Å². The molecule has 2 aromatic heterocycles.